The molecule has 0 N–H and O–H groups in total. The fourth-order valence-electron chi connectivity index (χ4n) is 8.44. The highest BCUT2D eigenvalue weighted by molar-refractivity contribution is 7.00. The maximum absolute atomic E-state index is 2.55. The van der Waals surface area contributed by atoms with Crippen LogP contribution in [0.15, 0.2) is 164 Å². The molecule has 0 saturated heterocycles. The maximum Gasteiger partial charge on any atom is 0.252 e. The second-order valence-corrected chi connectivity index (χ2v) is 16.6. The molecule has 0 spiro atoms. The van der Waals surface area contributed by atoms with E-state index in [0.717, 1.165) is 0 Å². The Labute approximate surface area is 315 Å². The van der Waals surface area contributed by atoms with Gasteiger partial charge in [0.25, 0.3) is 6.71 Å². The molecule has 0 atom stereocenters. The van der Waals surface area contributed by atoms with Crippen LogP contribution in [0.2, 0.25) is 0 Å². The molecule has 0 aliphatic carbocycles. The van der Waals surface area contributed by atoms with Crippen molar-refractivity contribution in [2.75, 3.05) is 9.80 Å². The van der Waals surface area contributed by atoms with E-state index >= 15 is 0 Å². The lowest BCUT2D eigenvalue weighted by molar-refractivity contribution is 0.590. The van der Waals surface area contributed by atoms with E-state index in [4.69, 9.17) is 0 Å². The molecule has 2 nitrogen and oxygen atoms in total. The van der Waals surface area contributed by atoms with E-state index in [0.29, 0.717) is 0 Å². The Morgan fingerprint density at radius 3 is 1.15 bits per heavy atom. The minimum absolute atomic E-state index is 0.00813. The Morgan fingerprint density at radius 2 is 0.736 bits per heavy atom. The van der Waals surface area contributed by atoms with Gasteiger partial charge in [-0.2, -0.15) is 0 Å². The number of hydrogen-bond donors (Lipinski definition) is 0. The quantitative estimate of drug-likeness (QED) is 0.170. The largest absolute Gasteiger partial charge is 0.311 e. The first kappa shape index (κ1) is 33.1. The predicted octanol–water partition coefficient (Wildman–Crippen LogP) is 11.7. The molecule has 7 aromatic carbocycles. The minimum atomic E-state index is -0.00813. The fourth-order valence-corrected chi connectivity index (χ4v) is 8.44. The van der Waals surface area contributed by atoms with Crippen LogP contribution in [-0.2, 0) is 10.8 Å². The molecule has 0 unspecified atom stereocenters. The van der Waals surface area contributed by atoms with E-state index in [-0.39, 0.29) is 17.5 Å². The molecule has 7 aromatic rings. The monoisotopic (exact) mass is 684 g/mol. The second-order valence-electron chi connectivity index (χ2n) is 16.6. The van der Waals surface area contributed by atoms with E-state index in [1.54, 1.807) is 0 Å². The van der Waals surface area contributed by atoms with Gasteiger partial charge < -0.3 is 9.80 Å². The average Bonchev–Trinajstić information content (AvgIpc) is 3.17. The molecule has 0 fully saturated rings. The first-order chi connectivity index (χ1) is 25.6. The van der Waals surface area contributed by atoms with Gasteiger partial charge in [-0.1, -0.05) is 169 Å². The van der Waals surface area contributed by atoms with Crippen LogP contribution in [0.1, 0.15) is 52.7 Å². The van der Waals surface area contributed by atoms with Crippen LogP contribution < -0.4 is 26.2 Å². The summed E-state index contributed by atoms with van der Waals surface area (Å²) in [5.74, 6) is 0. The average molecular weight is 685 g/mol. The lowest BCUT2D eigenvalue weighted by Crippen LogP contribution is -2.61. The highest BCUT2D eigenvalue weighted by atomic mass is 15.2. The topological polar surface area (TPSA) is 6.48 Å². The molecule has 0 radical (unpaired) electrons. The summed E-state index contributed by atoms with van der Waals surface area (Å²) in [6, 6.07) is 60.9. The lowest BCUT2D eigenvalue weighted by Gasteiger charge is -2.45. The zero-order valence-electron chi connectivity index (χ0n) is 31.6. The normalized spacial score (nSPS) is 13.4. The van der Waals surface area contributed by atoms with Gasteiger partial charge in [-0.15, -0.1) is 0 Å². The van der Waals surface area contributed by atoms with Crippen molar-refractivity contribution < 1.29 is 0 Å². The van der Waals surface area contributed by atoms with Gasteiger partial charge in [0.15, 0.2) is 0 Å². The third kappa shape index (κ3) is 5.49. The van der Waals surface area contributed by atoms with Crippen molar-refractivity contribution in [3.05, 3.63) is 175 Å². The molecule has 9 rings (SSSR count). The Hall–Kier alpha value is -5.80. The highest BCUT2D eigenvalue weighted by Gasteiger charge is 2.44. The van der Waals surface area contributed by atoms with Crippen molar-refractivity contribution >= 4 is 57.2 Å². The molecule has 0 saturated carbocycles. The van der Waals surface area contributed by atoms with Crippen LogP contribution in [0.3, 0.4) is 0 Å². The van der Waals surface area contributed by atoms with Gasteiger partial charge >= 0.3 is 0 Å². The summed E-state index contributed by atoms with van der Waals surface area (Å²) in [7, 11) is 0. The van der Waals surface area contributed by atoms with Gasteiger partial charge in [0.05, 0.1) is 11.4 Å². The summed E-state index contributed by atoms with van der Waals surface area (Å²) in [5.41, 5.74) is 18.8. The van der Waals surface area contributed by atoms with Crippen molar-refractivity contribution in [2.24, 2.45) is 0 Å². The van der Waals surface area contributed by atoms with Crippen LogP contribution in [0.5, 0.6) is 0 Å². The van der Waals surface area contributed by atoms with E-state index in [1.807, 2.05) is 0 Å². The van der Waals surface area contributed by atoms with Gasteiger partial charge in [0, 0.05) is 33.9 Å². The molecule has 258 valence electrons. The van der Waals surface area contributed by atoms with Crippen molar-refractivity contribution in [1.82, 2.24) is 0 Å². The smallest absolute Gasteiger partial charge is 0.252 e. The fraction of sp³-hybridized carbons (Fsp3) is 0.160. The van der Waals surface area contributed by atoms with Crippen LogP contribution in [0, 0.1) is 0 Å². The maximum atomic E-state index is 2.55. The molecule has 53 heavy (non-hydrogen) atoms. The molecule has 2 heterocycles. The lowest BCUT2D eigenvalue weighted by atomic mass is 9.33. The number of benzene rings is 7. The van der Waals surface area contributed by atoms with E-state index in [9.17, 15) is 0 Å². The van der Waals surface area contributed by atoms with Gasteiger partial charge in [0.1, 0.15) is 0 Å². The van der Waals surface area contributed by atoms with Crippen LogP contribution in [0.25, 0.3) is 22.3 Å². The molecule has 0 amide bonds. The van der Waals surface area contributed by atoms with E-state index in [2.05, 4.69) is 215 Å². The standard InChI is InChI=1S/C50H45BN2/c1-49(2,3)36-28-30-40-46(32-36)52(42-24-15-13-22-38(42)34-18-9-7-10-19-34)44-26-17-27-45-48(44)51(40)41-31-29-37(50(4,5)6)33-47(41)53(45)43-25-16-14-23-39(43)35-20-11-8-12-21-35/h7-33H,1-6H3. The number of para-hydroxylation sites is 2. The highest BCUT2D eigenvalue weighted by Crippen LogP contribution is 2.48. The zero-order chi connectivity index (χ0) is 36.5. The third-order valence-electron chi connectivity index (χ3n) is 11.2. The van der Waals surface area contributed by atoms with E-state index in [1.165, 1.54) is 83.9 Å². The summed E-state index contributed by atoms with van der Waals surface area (Å²) in [5, 5.41) is 0. The SMILES string of the molecule is CC(C)(C)c1ccc2c(c1)N(c1ccccc1-c1ccccc1)c1cccc3c1B2c1ccc(C(C)(C)C)cc1N3c1ccccc1-c1ccccc1. The van der Waals surface area contributed by atoms with Crippen molar-refractivity contribution in [3.8, 4) is 22.3 Å². The summed E-state index contributed by atoms with van der Waals surface area (Å²) in [6.45, 7) is 14.0. The zero-order valence-corrected chi connectivity index (χ0v) is 31.6. The molecule has 2 aliphatic rings. The van der Waals surface area contributed by atoms with Crippen LogP contribution in [0.4, 0.5) is 34.1 Å². The first-order valence-corrected chi connectivity index (χ1v) is 18.9. The summed E-state index contributed by atoms with van der Waals surface area (Å²) >= 11 is 0. The molecular weight excluding hydrogens is 639 g/mol. The van der Waals surface area contributed by atoms with Gasteiger partial charge in [-0.3, -0.25) is 0 Å². The molecule has 0 aromatic heterocycles. The van der Waals surface area contributed by atoms with Crippen molar-refractivity contribution in [3.63, 3.8) is 0 Å². The first-order valence-electron chi connectivity index (χ1n) is 18.9. The number of anilines is 6. The van der Waals surface area contributed by atoms with Gasteiger partial charge in [-0.25, -0.2) is 0 Å². The molecule has 3 heteroatoms. The molecular formula is C50H45BN2. The van der Waals surface area contributed by atoms with Crippen molar-refractivity contribution in [1.29, 1.82) is 0 Å². The Kier molecular flexibility index (Phi) is 7.75. The molecule has 0 bridgehead atoms. The van der Waals surface area contributed by atoms with E-state index < -0.39 is 0 Å². The van der Waals surface area contributed by atoms with Crippen molar-refractivity contribution in [2.45, 2.75) is 52.4 Å². The third-order valence-corrected chi connectivity index (χ3v) is 11.2. The second kappa shape index (κ2) is 12.4. The Morgan fingerprint density at radius 1 is 0.358 bits per heavy atom. The summed E-state index contributed by atoms with van der Waals surface area (Å²) < 4.78 is 0. The molecule has 2 aliphatic heterocycles. The summed E-state index contributed by atoms with van der Waals surface area (Å²) in [6.07, 6.45) is 0. The number of rotatable bonds is 4. The van der Waals surface area contributed by atoms with Crippen LogP contribution in [-0.4, -0.2) is 6.71 Å². The number of nitrogens with zero attached hydrogens (tertiary/aromatic N) is 2. The number of fused-ring (bicyclic) bond motifs is 4. The van der Waals surface area contributed by atoms with Gasteiger partial charge in [0.2, 0.25) is 0 Å². The Balaban J connectivity index is 1.38. The van der Waals surface area contributed by atoms with Gasteiger partial charge in [-0.05, 0) is 85.9 Å². The Bertz CT molecular complexity index is 2320. The predicted molar refractivity (Wildman–Crippen MR) is 229 cm³/mol. The summed E-state index contributed by atoms with van der Waals surface area (Å²) in [4.78, 5) is 5.11. The minimum Gasteiger partial charge on any atom is -0.311 e. The number of hydrogen-bond acceptors (Lipinski definition) is 2. The van der Waals surface area contributed by atoms with Crippen LogP contribution >= 0.6 is 0 Å².